The molecule has 0 aromatic rings. The fourth-order valence-electron chi connectivity index (χ4n) is 2.35. The summed E-state index contributed by atoms with van der Waals surface area (Å²) in [6.07, 6.45) is 6.50. The Labute approximate surface area is 129 Å². The number of halogens is 1. The third-order valence-electron chi connectivity index (χ3n) is 3.55. The third kappa shape index (κ3) is 7.41. The summed E-state index contributed by atoms with van der Waals surface area (Å²) in [5, 5.41) is 3.34. The Morgan fingerprint density at radius 3 is 2.39 bits per heavy atom. The molecule has 0 aliphatic heterocycles. The Hall–Kier alpha value is -0.0400. The number of rotatable bonds is 6. The molecule has 0 spiro atoms. The van der Waals surface area contributed by atoms with Gasteiger partial charge in [-0.2, -0.15) is 0 Å². The number of guanidine groups is 1. The van der Waals surface area contributed by atoms with Gasteiger partial charge in [0.2, 0.25) is 0 Å². The molecule has 0 saturated heterocycles. The van der Waals surface area contributed by atoms with Gasteiger partial charge in [-0.15, -0.1) is 24.0 Å². The van der Waals surface area contributed by atoms with Gasteiger partial charge < -0.3 is 16.0 Å². The first-order valence-electron chi connectivity index (χ1n) is 7.05. The largest absolute Gasteiger partial charge is 0.370 e. The topological polar surface area (TPSA) is 53.6 Å². The molecule has 1 aliphatic carbocycles. The molecule has 1 fully saturated rings. The lowest BCUT2D eigenvalue weighted by atomic mass is 9.96. The van der Waals surface area contributed by atoms with Crippen LogP contribution in [-0.2, 0) is 0 Å². The van der Waals surface area contributed by atoms with Crippen LogP contribution in [0, 0.1) is 0 Å². The molecule has 1 aliphatic rings. The van der Waals surface area contributed by atoms with E-state index in [2.05, 4.69) is 29.1 Å². The van der Waals surface area contributed by atoms with E-state index in [1.54, 1.807) is 0 Å². The molecule has 1 saturated carbocycles. The summed E-state index contributed by atoms with van der Waals surface area (Å²) in [6.45, 7) is 8.32. The molecule has 0 unspecified atom stereocenters. The maximum atomic E-state index is 5.89. The highest BCUT2D eigenvalue weighted by Crippen LogP contribution is 2.16. The number of nitrogens with one attached hydrogen (secondary N) is 1. The standard InChI is InChI=1S/C13H28N4.HI/c1-3-17(4-2)11-10-15-13(14)16-12-8-6-5-7-9-12;/h12H,3-11H2,1-2H3,(H3,14,15,16);1H. The molecule has 0 radical (unpaired) electrons. The summed E-state index contributed by atoms with van der Waals surface area (Å²) < 4.78 is 0. The predicted octanol–water partition coefficient (Wildman–Crippen LogP) is 2.18. The highest BCUT2D eigenvalue weighted by Gasteiger charge is 2.13. The second-order valence-corrected chi connectivity index (χ2v) is 4.77. The number of likely N-dealkylation sites (N-methyl/N-ethyl adjacent to an activating group) is 1. The van der Waals surface area contributed by atoms with Crippen molar-refractivity contribution in [3.05, 3.63) is 0 Å². The Bertz CT molecular complexity index is 223. The Morgan fingerprint density at radius 2 is 1.83 bits per heavy atom. The summed E-state index contributed by atoms with van der Waals surface area (Å²) in [4.78, 5) is 6.75. The minimum atomic E-state index is 0. The van der Waals surface area contributed by atoms with E-state index >= 15 is 0 Å². The molecular weight excluding hydrogens is 339 g/mol. The Morgan fingerprint density at radius 1 is 1.22 bits per heavy atom. The lowest BCUT2D eigenvalue weighted by molar-refractivity contribution is 0.312. The predicted molar refractivity (Wildman–Crippen MR) is 89.7 cm³/mol. The fraction of sp³-hybridized carbons (Fsp3) is 0.923. The van der Waals surface area contributed by atoms with E-state index in [0.29, 0.717) is 12.0 Å². The van der Waals surface area contributed by atoms with Crippen molar-refractivity contribution in [2.75, 3.05) is 26.2 Å². The third-order valence-corrected chi connectivity index (χ3v) is 3.55. The van der Waals surface area contributed by atoms with Gasteiger partial charge in [-0.05, 0) is 25.9 Å². The van der Waals surface area contributed by atoms with Crippen LogP contribution in [0.1, 0.15) is 46.0 Å². The minimum Gasteiger partial charge on any atom is -0.370 e. The number of nitrogens with two attached hydrogens (primary N) is 1. The number of nitrogens with zero attached hydrogens (tertiary/aromatic N) is 2. The van der Waals surface area contributed by atoms with E-state index in [1.807, 2.05) is 0 Å². The van der Waals surface area contributed by atoms with Crippen molar-refractivity contribution < 1.29 is 0 Å². The monoisotopic (exact) mass is 368 g/mol. The molecule has 0 atom stereocenters. The van der Waals surface area contributed by atoms with E-state index in [1.165, 1.54) is 32.1 Å². The SMILES string of the molecule is CCN(CC)CCN=C(N)NC1CCCCC1.I. The molecule has 0 aromatic carbocycles. The summed E-state index contributed by atoms with van der Waals surface area (Å²) in [5.41, 5.74) is 5.89. The van der Waals surface area contributed by atoms with Crippen LogP contribution in [0.2, 0.25) is 0 Å². The highest BCUT2D eigenvalue weighted by atomic mass is 127. The van der Waals surface area contributed by atoms with Crippen LogP contribution in [0.15, 0.2) is 4.99 Å². The molecule has 0 bridgehead atoms. The molecule has 3 N–H and O–H groups in total. The van der Waals surface area contributed by atoms with Gasteiger partial charge in [-0.1, -0.05) is 33.1 Å². The molecule has 4 nitrogen and oxygen atoms in total. The molecule has 1 rings (SSSR count). The van der Waals surface area contributed by atoms with Crippen molar-refractivity contribution in [2.45, 2.75) is 52.0 Å². The van der Waals surface area contributed by atoms with Gasteiger partial charge in [-0.25, -0.2) is 0 Å². The van der Waals surface area contributed by atoms with Gasteiger partial charge in [0.05, 0.1) is 6.54 Å². The van der Waals surface area contributed by atoms with Gasteiger partial charge in [0, 0.05) is 12.6 Å². The molecule has 5 heteroatoms. The molecule has 0 aromatic heterocycles. The first kappa shape index (κ1) is 18.0. The van der Waals surface area contributed by atoms with Crippen molar-refractivity contribution in [1.82, 2.24) is 10.2 Å². The summed E-state index contributed by atoms with van der Waals surface area (Å²) >= 11 is 0. The van der Waals surface area contributed by atoms with Crippen molar-refractivity contribution in [2.24, 2.45) is 10.7 Å². The minimum absolute atomic E-state index is 0. The lowest BCUT2D eigenvalue weighted by Crippen LogP contribution is -2.41. The van der Waals surface area contributed by atoms with Crippen LogP contribution < -0.4 is 11.1 Å². The van der Waals surface area contributed by atoms with Crippen LogP contribution >= 0.6 is 24.0 Å². The average Bonchev–Trinajstić information content (AvgIpc) is 2.36. The van der Waals surface area contributed by atoms with Crippen LogP contribution in [0.25, 0.3) is 0 Å². The summed E-state index contributed by atoms with van der Waals surface area (Å²) in [6, 6.07) is 0.556. The Balaban J connectivity index is 0.00000289. The van der Waals surface area contributed by atoms with Crippen LogP contribution in [0.5, 0.6) is 0 Å². The van der Waals surface area contributed by atoms with Gasteiger partial charge in [0.1, 0.15) is 0 Å². The molecular formula is C13H29IN4. The Kier molecular flexibility index (Phi) is 10.8. The maximum absolute atomic E-state index is 5.89. The van der Waals surface area contributed by atoms with Crippen LogP contribution in [0.4, 0.5) is 0 Å². The van der Waals surface area contributed by atoms with Crippen LogP contribution in [-0.4, -0.2) is 43.1 Å². The van der Waals surface area contributed by atoms with Gasteiger partial charge in [-0.3, -0.25) is 4.99 Å². The van der Waals surface area contributed by atoms with Gasteiger partial charge >= 0.3 is 0 Å². The quantitative estimate of drug-likeness (QED) is 0.429. The first-order chi connectivity index (χ1) is 8.26. The second kappa shape index (κ2) is 10.8. The van der Waals surface area contributed by atoms with E-state index in [4.69, 9.17) is 5.73 Å². The van der Waals surface area contributed by atoms with E-state index < -0.39 is 0 Å². The van der Waals surface area contributed by atoms with Crippen molar-refractivity contribution >= 4 is 29.9 Å². The summed E-state index contributed by atoms with van der Waals surface area (Å²) in [7, 11) is 0. The van der Waals surface area contributed by atoms with E-state index in [9.17, 15) is 0 Å². The van der Waals surface area contributed by atoms with Gasteiger partial charge in [0.15, 0.2) is 5.96 Å². The lowest BCUT2D eigenvalue weighted by Gasteiger charge is -2.23. The average molecular weight is 368 g/mol. The van der Waals surface area contributed by atoms with Crippen molar-refractivity contribution in [3.63, 3.8) is 0 Å². The number of hydrogen-bond donors (Lipinski definition) is 2. The zero-order chi connectivity index (χ0) is 12.5. The van der Waals surface area contributed by atoms with E-state index in [0.717, 1.165) is 26.2 Å². The van der Waals surface area contributed by atoms with Gasteiger partial charge in [0.25, 0.3) is 0 Å². The molecule has 18 heavy (non-hydrogen) atoms. The smallest absolute Gasteiger partial charge is 0.188 e. The second-order valence-electron chi connectivity index (χ2n) is 4.77. The molecule has 0 heterocycles. The zero-order valence-corrected chi connectivity index (χ0v) is 14.2. The van der Waals surface area contributed by atoms with Crippen molar-refractivity contribution in [1.29, 1.82) is 0 Å². The zero-order valence-electron chi connectivity index (χ0n) is 11.8. The van der Waals surface area contributed by atoms with Crippen LogP contribution in [0.3, 0.4) is 0 Å². The number of aliphatic imine (C=N–C) groups is 1. The fourth-order valence-corrected chi connectivity index (χ4v) is 2.35. The van der Waals surface area contributed by atoms with E-state index in [-0.39, 0.29) is 24.0 Å². The maximum Gasteiger partial charge on any atom is 0.188 e. The first-order valence-corrected chi connectivity index (χ1v) is 7.05. The normalized spacial score (nSPS) is 17.6. The molecule has 0 amide bonds. The summed E-state index contributed by atoms with van der Waals surface area (Å²) in [5.74, 6) is 0.629. The highest BCUT2D eigenvalue weighted by molar-refractivity contribution is 14.0. The van der Waals surface area contributed by atoms with Crippen molar-refractivity contribution in [3.8, 4) is 0 Å². The number of hydrogen-bond acceptors (Lipinski definition) is 2. The molecule has 108 valence electrons.